The van der Waals surface area contributed by atoms with Crippen LogP contribution < -0.4 is 0 Å². The Morgan fingerprint density at radius 3 is 2.79 bits per heavy atom. The standard InChI is InChI=1S/C25H30O2S2/c1-17(12-18-10-11-19-6-2-3-7-20(19)13-18)25(28)29-23(16-26)15-22-14-21-8-4-5-9-24(21)27-22/h4-5,8-9,14-20H,2-3,6-7,10-13H2,1H3. The summed E-state index contributed by atoms with van der Waals surface area (Å²) in [5.74, 6) is 3.78. The van der Waals surface area contributed by atoms with E-state index in [1.54, 1.807) is 0 Å². The van der Waals surface area contributed by atoms with Crippen molar-refractivity contribution >= 4 is 51.5 Å². The Kier molecular flexibility index (Phi) is 6.92. The van der Waals surface area contributed by atoms with Gasteiger partial charge in [-0.05, 0) is 61.1 Å². The summed E-state index contributed by atoms with van der Waals surface area (Å²) in [4.78, 5) is 12.3. The minimum absolute atomic E-state index is 0.346. The second kappa shape index (κ2) is 9.61. The molecule has 0 radical (unpaired) electrons. The summed E-state index contributed by atoms with van der Waals surface area (Å²) in [5, 5.41) is 1.04. The summed E-state index contributed by atoms with van der Waals surface area (Å²) < 4.78 is 6.74. The molecule has 4 atom stereocenters. The van der Waals surface area contributed by atoms with Crippen molar-refractivity contribution in [3.05, 3.63) is 41.0 Å². The summed E-state index contributed by atoms with van der Waals surface area (Å²) in [6.45, 7) is 2.23. The number of thiocarbonyl (C=S) groups is 1. The van der Waals surface area contributed by atoms with Crippen molar-refractivity contribution < 1.29 is 9.21 Å². The van der Waals surface area contributed by atoms with Gasteiger partial charge in [0.05, 0.1) is 9.10 Å². The van der Waals surface area contributed by atoms with Crippen LogP contribution in [0, 0.1) is 23.7 Å². The second-order valence-corrected chi connectivity index (χ2v) is 10.7. The number of para-hydroxylation sites is 1. The number of aldehydes is 1. The molecule has 0 saturated heterocycles. The van der Waals surface area contributed by atoms with Gasteiger partial charge in [0.1, 0.15) is 11.3 Å². The normalized spacial score (nSPS) is 26.1. The van der Waals surface area contributed by atoms with E-state index in [1.807, 2.05) is 36.4 Å². The van der Waals surface area contributed by atoms with Crippen LogP contribution >= 0.6 is 24.0 Å². The molecule has 2 aromatic rings. The van der Waals surface area contributed by atoms with Crippen molar-refractivity contribution in [2.24, 2.45) is 23.7 Å². The highest BCUT2D eigenvalue weighted by molar-refractivity contribution is 8.26. The number of allylic oxidation sites excluding steroid dienone is 1. The number of benzene rings is 1. The maximum Gasteiger partial charge on any atom is 0.156 e. The molecule has 4 unspecified atom stereocenters. The molecule has 0 spiro atoms. The number of carbonyl (C=O) groups excluding carboxylic acids is 1. The van der Waals surface area contributed by atoms with E-state index in [2.05, 4.69) is 6.92 Å². The minimum Gasteiger partial charge on any atom is -0.457 e. The molecule has 4 heteroatoms. The second-order valence-electron chi connectivity index (χ2n) is 8.89. The Balaban J connectivity index is 1.34. The first-order chi connectivity index (χ1) is 14.1. The summed E-state index contributed by atoms with van der Waals surface area (Å²) in [6.07, 6.45) is 13.8. The van der Waals surface area contributed by atoms with Crippen LogP contribution in [0.4, 0.5) is 0 Å². The average Bonchev–Trinajstić information content (AvgIpc) is 3.15. The fourth-order valence-electron chi connectivity index (χ4n) is 5.30. The predicted molar refractivity (Wildman–Crippen MR) is 127 cm³/mol. The molecule has 1 aromatic heterocycles. The number of thioether (sulfide) groups is 1. The monoisotopic (exact) mass is 426 g/mol. The Morgan fingerprint density at radius 1 is 1.21 bits per heavy atom. The molecule has 29 heavy (non-hydrogen) atoms. The molecule has 2 aliphatic carbocycles. The van der Waals surface area contributed by atoms with E-state index >= 15 is 0 Å². The highest BCUT2D eigenvalue weighted by Crippen LogP contribution is 2.44. The van der Waals surface area contributed by atoms with Crippen LogP contribution in [0.1, 0.15) is 64.1 Å². The number of fused-ring (bicyclic) bond motifs is 2. The summed E-state index contributed by atoms with van der Waals surface area (Å²) >= 11 is 7.15. The third kappa shape index (κ3) is 5.21. The third-order valence-corrected chi connectivity index (χ3v) is 8.51. The summed E-state index contributed by atoms with van der Waals surface area (Å²) in [5.41, 5.74) is 0.836. The first kappa shape index (κ1) is 20.9. The van der Waals surface area contributed by atoms with Crippen LogP contribution in [0.25, 0.3) is 17.0 Å². The molecular formula is C25H30O2S2. The largest absolute Gasteiger partial charge is 0.457 e. The maximum atomic E-state index is 11.6. The lowest BCUT2D eigenvalue weighted by Gasteiger charge is -2.40. The van der Waals surface area contributed by atoms with Gasteiger partial charge in [-0.25, -0.2) is 0 Å². The molecule has 0 N–H and O–H groups in total. The van der Waals surface area contributed by atoms with Gasteiger partial charge < -0.3 is 4.42 Å². The van der Waals surface area contributed by atoms with Gasteiger partial charge in [0.15, 0.2) is 6.29 Å². The Hall–Kier alpha value is -1.39. The highest BCUT2D eigenvalue weighted by Gasteiger charge is 2.33. The molecule has 1 heterocycles. The molecule has 154 valence electrons. The predicted octanol–water partition coefficient (Wildman–Crippen LogP) is 7.67. The van der Waals surface area contributed by atoms with E-state index in [1.165, 1.54) is 56.7 Å². The SMILES string of the molecule is CC(CC1CCC2CCCCC2C1)C(=S)SC(C=O)=Cc1cc2ccccc2o1. The Labute approximate surface area is 183 Å². The lowest BCUT2D eigenvalue weighted by atomic mass is 9.66. The zero-order valence-corrected chi connectivity index (χ0v) is 18.8. The van der Waals surface area contributed by atoms with E-state index < -0.39 is 0 Å². The molecule has 4 rings (SSSR count). The fraction of sp³-hybridized carbons (Fsp3) is 0.520. The van der Waals surface area contributed by atoms with Gasteiger partial charge >= 0.3 is 0 Å². The van der Waals surface area contributed by atoms with Crippen molar-refractivity contribution in [2.75, 3.05) is 0 Å². The van der Waals surface area contributed by atoms with Gasteiger partial charge in [-0.15, -0.1) is 0 Å². The zero-order valence-electron chi connectivity index (χ0n) is 17.1. The van der Waals surface area contributed by atoms with Gasteiger partial charge in [-0.1, -0.05) is 81.2 Å². The smallest absolute Gasteiger partial charge is 0.156 e. The number of rotatable bonds is 6. The Morgan fingerprint density at radius 2 is 2.00 bits per heavy atom. The molecule has 0 bridgehead atoms. The van der Waals surface area contributed by atoms with E-state index in [-0.39, 0.29) is 0 Å². The fourth-order valence-corrected chi connectivity index (χ4v) is 6.44. The molecule has 2 nitrogen and oxygen atoms in total. The van der Waals surface area contributed by atoms with Gasteiger partial charge in [-0.2, -0.15) is 0 Å². The Bertz CT molecular complexity index is 864. The van der Waals surface area contributed by atoms with Gasteiger partial charge in [0.2, 0.25) is 0 Å². The highest BCUT2D eigenvalue weighted by atomic mass is 32.2. The zero-order chi connectivity index (χ0) is 20.2. The van der Waals surface area contributed by atoms with Gasteiger partial charge in [0.25, 0.3) is 0 Å². The van der Waals surface area contributed by atoms with Crippen molar-refractivity contribution in [2.45, 2.75) is 58.3 Å². The van der Waals surface area contributed by atoms with Crippen LogP contribution in [0.3, 0.4) is 0 Å². The van der Waals surface area contributed by atoms with E-state index in [0.29, 0.717) is 16.6 Å². The molecule has 0 amide bonds. The van der Waals surface area contributed by atoms with Crippen LogP contribution in [-0.4, -0.2) is 10.5 Å². The van der Waals surface area contributed by atoms with Crippen molar-refractivity contribution in [3.8, 4) is 0 Å². The molecule has 2 saturated carbocycles. The van der Waals surface area contributed by atoms with Crippen molar-refractivity contribution in [1.82, 2.24) is 0 Å². The third-order valence-electron chi connectivity index (χ3n) is 6.80. The van der Waals surface area contributed by atoms with Crippen LogP contribution in [0.2, 0.25) is 0 Å². The number of hydrogen-bond donors (Lipinski definition) is 0. The van der Waals surface area contributed by atoms with Crippen LogP contribution in [0.15, 0.2) is 39.7 Å². The lowest BCUT2D eigenvalue weighted by molar-refractivity contribution is -0.104. The summed E-state index contributed by atoms with van der Waals surface area (Å²) in [6, 6.07) is 9.85. The number of furan rings is 1. The van der Waals surface area contributed by atoms with Gasteiger partial charge in [0, 0.05) is 5.39 Å². The van der Waals surface area contributed by atoms with Crippen molar-refractivity contribution in [3.63, 3.8) is 0 Å². The van der Waals surface area contributed by atoms with Crippen molar-refractivity contribution in [1.29, 1.82) is 0 Å². The van der Waals surface area contributed by atoms with Crippen LogP contribution in [-0.2, 0) is 4.79 Å². The molecule has 0 aliphatic heterocycles. The number of hydrogen-bond acceptors (Lipinski definition) is 4. The molecular weight excluding hydrogens is 396 g/mol. The minimum atomic E-state index is 0.346. The average molecular weight is 427 g/mol. The topological polar surface area (TPSA) is 30.2 Å². The van der Waals surface area contributed by atoms with E-state index in [0.717, 1.165) is 45.6 Å². The van der Waals surface area contributed by atoms with E-state index in [4.69, 9.17) is 16.6 Å². The van der Waals surface area contributed by atoms with E-state index in [9.17, 15) is 4.79 Å². The number of carbonyl (C=O) groups is 1. The maximum absolute atomic E-state index is 11.6. The molecule has 2 aliphatic rings. The quantitative estimate of drug-likeness (QED) is 0.269. The van der Waals surface area contributed by atoms with Crippen LogP contribution in [0.5, 0.6) is 0 Å². The first-order valence-corrected chi connectivity index (χ1v) is 12.2. The summed E-state index contributed by atoms with van der Waals surface area (Å²) in [7, 11) is 0. The molecule has 2 fully saturated rings. The lowest BCUT2D eigenvalue weighted by Crippen LogP contribution is -2.29. The molecule has 1 aromatic carbocycles. The van der Waals surface area contributed by atoms with Gasteiger partial charge in [-0.3, -0.25) is 4.79 Å². The first-order valence-electron chi connectivity index (χ1n) is 11.0.